The number of anilines is 1. The number of aromatic nitrogens is 2. The van der Waals surface area contributed by atoms with E-state index in [1.807, 2.05) is 0 Å². The minimum absolute atomic E-state index is 0.491. The summed E-state index contributed by atoms with van der Waals surface area (Å²) in [5.74, 6) is 3.33. The zero-order chi connectivity index (χ0) is 12.7. The lowest BCUT2D eigenvalue weighted by Gasteiger charge is -2.27. The zero-order valence-electron chi connectivity index (χ0n) is 11.4. The SMILES string of the molecule is CC1Cc2nc(C3CCOCC3)c(N)n2C(C)C1. The van der Waals surface area contributed by atoms with E-state index in [0.717, 1.165) is 49.9 Å². The second-order valence-corrected chi connectivity index (χ2v) is 5.95. The molecule has 0 aliphatic carbocycles. The standard InChI is InChI=1S/C14H23N3O/c1-9-7-10(2)17-12(8-9)16-13(14(17)15)11-3-5-18-6-4-11/h9-11H,3-8,15H2,1-2H3. The van der Waals surface area contributed by atoms with Crippen LogP contribution in [0.1, 0.15) is 56.6 Å². The van der Waals surface area contributed by atoms with Gasteiger partial charge in [0.1, 0.15) is 11.6 Å². The van der Waals surface area contributed by atoms with Gasteiger partial charge in [-0.1, -0.05) is 6.92 Å². The number of hydrogen-bond acceptors (Lipinski definition) is 3. The largest absolute Gasteiger partial charge is 0.384 e. The number of nitrogens with two attached hydrogens (primary N) is 1. The van der Waals surface area contributed by atoms with Gasteiger partial charge < -0.3 is 15.0 Å². The molecule has 100 valence electrons. The van der Waals surface area contributed by atoms with Crippen molar-refractivity contribution in [3.8, 4) is 0 Å². The number of fused-ring (bicyclic) bond motifs is 1. The topological polar surface area (TPSA) is 53.1 Å². The van der Waals surface area contributed by atoms with Gasteiger partial charge in [-0.2, -0.15) is 0 Å². The summed E-state index contributed by atoms with van der Waals surface area (Å²) in [6.07, 6.45) is 4.40. The highest BCUT2D eigenvalue weighted by Gasteiger charge is 2.29. The molecular weight excluding hydrogens is 226 g/mol. The average Bonchev–Trinajstić information content (AvgIpc) is 2.67. The molecule has 18 heavy (non-hydrogen) atoms. The summed E-state index contributed by atoms with van der Waals surface area (Å²) in [6, 6.07) is 0.491. The van der Waals surface area contributed by atoms with E-state index in [9.17, 15) is 0 Å². The van der Waals surface area contributed by atoms with Gasteiger partial charge in [-0.05, 0) is 32.1 Å². The molecule has 1 aromatic heterocycles. The molecule has 4 heteroatoms. The first-order valence-electron chi connectivity index (χ1n) is 7.11. The third-order valence-electron chi connectivity index (χ3n) is 4.37. The molecule has 0 aromatic carbocycles. The molecular formula is C14H23N3O. The molecule has 1 fully saturated rings. The van der Waals surface area contributed by atoms with Gasteiger partial charge in [-0.25, -0.2) is 4.98 Å². The van der Waals surface area contributed by atoms with Gasteiger partial charge >= 0.3 is 0 Å². The second kappa shape index (κ2) is 4.57. The molecule has 2 aliphatic heterocycles. The first-order valence-corrected chi connectivity index (χ1v) is 7.11. The maximum absolute atomic E-state index is 6.35. The Kier molecular flexibility index (Phi) is 3.06. The Morgan fingerprint density at radius 2 is 2.00 bits per heavy atom. The van der Waals surface area contributed by atoms with Crippen LogP contribution in [0.2, 0.25) is 0 Å². The summed E-state index contributed by atoms with van der Waals surface area (Å²) >= 11 is 0. The molecule has 2 unspecified atom stereocenters. The maximum atomic E-state index is 6.35. The van der Waals surface area contributed by atoms with Crippen molar-refractivity contribution in [2.45, 2.75) is 51.5 Å². The predicted octanol–water partition coefficient (Wildman–Crippen LogP) is 2.50. The molecule has 0 radical (unpaired) electrons. The van der Waals surface area contributed by atoms with Gasteiger partial charge in [0.05, 0.1) is 5.69 Å². The Balaban J connectivity index is 1.94. The summed E-state index contributed by atoms with van der Waals surface area (Å²) in [7, 11) is 0. The lowest BCUT2D eigenvalue weighted by atomic mass is 9.95. The first-order chi connectivity index (χ1) is 8.66. The van der Waals surface area contributed by atoms with Gasteiger partial charge in [0, 0.05) is 31.6 Å². The highest BCUT2D eigenvalue weighted by molar-refractivity contribution is 5.42. The second-order valence-electron chi connectivity index (χ2n) is 5.95. The van der Waals surface area contributed by atoms with Gasteiger partial charge in [0.2, 0.25) is 0 Å². The van der Waals surface area contributed by atoms with Crippen molar-refractivity contribution in [2.24, 2.45) is 5.92 Å². The average molecular weight is 249 g/mol. The molecule has 1 aromatic rings. The van der Waals surface area contributed by atoms with Crippen LogP contribution in [0.4, 0.5) is 5.82 Å². The summed E-state index contributed by atoms with van der Waals surface area (Å²) in [4.78, 5) is 4.86. The van der Waals surface area contributed by atoms with Gasteiger partial charge in [-0.3, -0.25) is 0 Å². The van der Waals surface area contributed by atoms with E-state index in [4.69, 9.17) is 15.5 Å². The summed E-state index contributed by atoms with van der Waals surface area (Å²) in [6.45, 7) is 6.25. The van der Waals surface area contributed by atoms with E-state index in [2.05, 4.69) is 18.4 Å². The van der Waals surface area contributed by atoms with Crippen LogP contribution in [-0.2, 0) is 11.2 Å². The molecule has 0 bridgehead atoms. The summed E-state index contributed by atoms with van der Waals surface area (Å²) in [5, 5.41) is 0. The Hall–Kier alpha value is -1.03. The molecule has 2 N–H and O–H groups in total. The van der Waals surface area contributed by atoms with Crippen LogP contribution in [0, 0.1) is 5.92 Å². The van der Waals surface area contributed by atoms with E-state index in [-0.39, 0.29) is 0 Å². The van der Waals surface area contributed by atoms with Crippen LogP contribution in [0.3, 0.4) is 0 Å². The number of hydrogen-bond donors (Lipinski definition) is 1. The molecule has 0 amide bonds. The number of nitrogens with zero attached hydrogens (tertiary/aromatic N) is 2. The van der Waals surface area contributed by atoms with Crippen LogP contribution >= 0.6 is 0 Å². The lowest BCUT2D eigenvalue weighted by molar-refractivity contribution is 0.0847. The fourth-order valence-electron chi connectivity index (χ4n) is 3.50. The third-order valence-corrected chi connectivity index (χ3v) is 4.37. The number of ether oxygens (including phenoxy) is 1. The molecule has 3 rings (SSSR count). The van der Waals surface area contributed by atoms with E-state index < -0.39 is 0 Å². The molecule has 2 atom stereocenters. The van der Waals surface area contributed by atoms with E-state index >= 15 is 0 Å². The monoisotopic (exact) mass is 249 g/mol. The minimum atomic E-state index is 0.491. The van der Waals surface area contributed by atoms with Crippen molar-refractivity contribution >= 4 is 5.82 Å². The van der Waals surface area contributed by atoms with Crippen molar-refractivity contribution in [1.82, 2.24) is 9.55 Å². The van der Waals surface area contributed by atoms with Gasteiger partial charge in [-0.15, -0.1) is 0 Å². The van der Waals surface area contributed by atoms with Crippen LogP contribution in [0.15, 0.2) is 0 Å². The number of nitrogen functional groups attached to an aromatic ring is 1. The van der Waals surface area contributed by atoms with Crippen molar-refractivity contribution in [3.63, 3.8) is 0 Å². The Morgan fingerprint density at radius 1 is 1.28 bits per heavy atom. The van der Waals surface area contributed by atoms with Crippen LogP contribution in [0.5, 0.6) is 0 Å². The minimum Gasteiger partial charge on any atom is -0.384 e. The van der Waals surface area contributed by atoms with E-state index in [1.165, 1.54) is 12.2 Å². The Bertz CT molecular complexity index is 434. The zero-order valence-corrected chi connectivity index (χ0v) is 11.4. The van der Waals surface area contributed by atoms with E-state index in [0.29, 0.717) is 12.0 Å². The van der Waals surface area contributed by atoms with Gasteiger partial charge in [0.25, 0.3) is 0 Å². The van der Waals surface area contributed by atoms with Crippen molar-refractivity contribution < 1.29 is 4.74 Å². The molecule has 1 saturated heterocycles. The maximum Gasteiger partial charge on any atom is 0.127 e. The first kappa shape index (κ1) is 12.0. The van der Waals surface area contributed by atoms with Crippen LogP contribution in [0.25, 0.3) is 0 Å². The van der Waals surface area contributed by atoms with Crippen LogP contribution < -0.4 is 5.73 Å². The number of rotatable bonds is 1. The molecule has 4 nitrogen and oxygen atoms in total. The van der Waals surface area contributed by atoms with Crippen molar-refractivity contribution in [3.05, 3.63) is 11.5 Å². The Morgan fingerprint density at radius 3 is 2.72 bits per heavy atom. The predicted molar refractivity (Wildman–Crippen MR) is 71.6 cm³/mol. The highest BCUT2D eigenvalue weighted by Crippen LogP contribution is 2.37. The fourth-order valence-corrected chi connectivity index (χ4v) is 3.50. The fraction of sp³-hybridized carbons (Fsp3) is 0.786. The van der Waals surface area contributed by atoms with E-state index in [1.54, 1.807) is 0 Å². The summed E-state index contributed by atoms with van der Waals surface area (Å²) < 4.78 is 7.69. The quantitative estimate of drug-likeness (QED) is 0.832. The molecule has 0 spiro atoms. The molecule has 3 heterocycles. The third kappa shape index (κ3) is 1.92. The number of imidazole rings is 1. The molecule has 0 saturated carbocycles. The van der Waals surface area contributed by atoms with Crippen molar-refractivity contribution in [2.75, 3.05) is 18.9 Å². The Labute approximate surface area is 109 Å². The molecule has 2 aliphatic rings. The van der Waals surface area contributed by atoms with Crippen LogP contribution in [-0.4, -0.2) is 22.8 Å². The summed E-state index contributed by atoms with van der Waals surface area (Å²) in [5.41, 5.74) is 7.48. The highest BCUT2D eigenvalue weighted by atomic mass is 16.5. The normalized spacial score (nSPS) is 29.2. The smallest absolute Gasteiger partial charge is 0.127 e. The van der Waals surface area contributed by atoms with Crippen molar-refractivity contribution in [1.29, 1.82) is 0 Å². The van der Waals surface area contributed by atoms with Gasteiger partial charge in [0.15, 0.2) is 0 Å². The lowest BCUT2D eigenvalue weighted by Crippen LogP contribution is -2.22.